The minimum Gasteiger partial charge on any atom is -0.206 e. The van der Waals surface area contributed by atoms with E-state index in [1.807, 2.05) is 72.8 Å². The highest BCUT2D eigenvalue weighted by molar-refractivity contribution is 7.19. The normalized spacial score (nSPS) is 11.4. The third kappa shape index (κ3) is 6.30. The zero-order valence-corrected chi connectivity index (χ0v) is 29.5. The van der Waals surface area contributed by atoms with Gasteiger partial charge in [0.25, 0.3) is 0 Å². The Bertz CT molecular complexity index is 2160. The number of hydrogen-bond acceptors (Lipinski definition) is 0. The average molecular weight is 713 g/mol. The van der Waals surface area contributed by atoms with Crippen molar-refractivity contribution in [1.82, 2.24) is 0 Å². The van der Waals surface area contributed by atoms with Crippen LogP contribution in [0.5, 0.6) is 0 Å². The number of halogens is 4. The molecule has 0 bridgehead atoms. The summed E-state index contributed by atoms with van der Waals surface area (Å²) in [7, 11) is -3.22. The van der Waals surface area contributed by atoms with Crippen molar-refractivity contribution in [3.05, 3.63) is 217 Å². The maximum atomic E-state index is 15.0. The topological polar surface area (TPSA) is 0 Å². The van der Waals surface area contributed by atoms with E-state index in [4.69, 9.17) is 0 Å². The van der Waals surface area contributed by atoms with Crippen molar-refractivity contribution in [2.75, 3.05) is 0 Å². The van der Waals surface area contributed by atoms with Crippen LogP contribution in [0.25, 0.3) is 44.5 Å². The molecule has 0 spiro atoms. The van der Waals surface area contributed by atoms with Gasteiger partial charge in [-0.3, -0.25) is 0 Å². The van der Waals surface area contributed by atoms with Gasteiger partial charge in [0.2, 0.25) is 0 Å². The predicted octanol–water partition coefficient (Wildman–Crippen LogP) is 10.3. The smallest absolute Gasteiger partial charge is 0.179 e. The van der Waals surface area contributed by atoms with E-state index in [9.17, 15) is 17.6 Å². The predicted molar refractivity (Wildman–Crippen MR) is 212 cm³/mol. The van der Waals surface area contributed by atoms with Crippen LogP contribution in [-0.2, 0) is 0 Å². The summed E-state index contributed by atoms with van der Waals surface area (Å²) in [5.41, 5.74) is 4.99. The summed E-state index contributed by atoms with van der Waals surface area (Å²) in [6.45, 7) is 0. The lowest BCUT2D eigenvalue weighted by atomic mass is 10.1. The van der Waals surface area contributed by atoms with Gasteiger partial charge < -0.3 is 0 Å². The second kappa shape index (κ2) is 14.4. The van der Waals surface area contributed by atoms with Crippen molar-refractivity contribution in [2.45, 2.75) is 0 Å². The molecule has 0 atom stereocenters. The number of rotatable bonds is 8. The molecule has 0 N–H and O–H groups in total. The Morgan fingerprint density at radius 2 is 0.415 bits per heavy atom. The molecule has 0 aromatic heterocycles. The van der Waals surface area contributed by atoms with E-state index in [-0.39, 0.29) is 23.3 Å². The maximum absolute atomic E-state index is 15.0. The van der Waals surface area contributed by atoms with Crippen LogP contribution in [0, 0.1) is 23.3 Å². The lowest BCUT2D eigenvalue weighted by Gasteiger charge is -2.35. The van der Waals surface area contributed by atoms with Gasteiger partial charge in [-0.1, -0.05) is 170 Å². The Labute approximate surface area is 307 Å². The first-order valence-corrected chi connectivity index (χ1v) is 19.4. The second-order valence-electron chi connectivity index (χ2n) is 13.0. The van der Waals surface area contributed by atoms with Crippen molar-refractivity contribution < 1.29 is 17.6 Å². The molecule has 0 unspecified atom stereocenters. The first-order valence-electron chi connectivity index (χ1n) is 17.4. The molecule has 53 heavy (non-hydrogen) atoms. The van der Waals surface area contributed by atoms with Crippen LogP contribution in [0.3, 0.4) is 0 Å². The molecule has 0 aliphatic carbocycles. The molecule has 8 aromatic carbocycles. The quantitative estimate of drug-likeness (QED) is 0.0836. The van der Waals surface area contributed by atoms with Gasteiger partial charge >= 0.3 is 0 Å². The largest absolute Gasteiger partial charge is 0.206 e. The minimum atomic E-state index is -3.22. The summed E-state index contributed by atoms with van der Waals surface area (Å²) >= 11 is 0. The molecular weight excluding hydrogens is 681 g/mol. The van der Waals surface area contributed by atoms with Crippen molar-refractivity contribution in [2.24, 2.45) is 0 Å². The van der Waals surface area contributed by atoms with E-state index in [0.717, 1.165) is 43.0 Å². The van der Waals surface area contributed by atoms with Crippen LogP contribution < -0.4 is 20.7 Å². The summed E-state index contributed by atoms with van der Waals surface area (Å²) in [5.74, 6) is -1.22. The molecule has 0 fully saturated rings. The fraction of sp³-hybridized carbons (Fsp3) is 0. The summed E-state index contributed by atoms with van der Waals surface area (Å²) in [6.07, 6.45) is 0. The Morgan fingerprint density at radius 1 is 0.226 bits per heavy atom. The zero-order chi connectivity index (χ0) is 36.4. The molecule has 0 saturated heterocycles. The molecular formula is C48H32F4Si. The monoisotopic (exact) mass is 712 g/mol. The molecule has 256 valence electrons. The lowest BCUT2D eigenvalue weighted by Crippen LogP contribution is -2.74. The molecule has 0 amide bonds. The molecule has 0 nitrogen and oxygen atoms in total. The summed E-state index contributed by atoms with van der Waals surface area (Å²) < 4.78 is 59.8. The van der Waals surface area contributed by atoms with Crippen LogP contribution in [-0.4, -0.2) is 8.07 Å². The van der Waals surface area contributed by atoms with Gasteiger partial charge in [-0.15, -0.1) is 0 Å². The first kappa shape index (κ1) is 33.8. The van der Waals surface area contributed by atoms with Crippen LogP contribution in [0.1, 0.15) is 0 Å². The van der Waals surface area contributed by atoms with Crippen LogP contribution in [0.4, 0.5) is 17.6 Å². The van der Waals surface area contributed by atoms with Crippen molar-refractivity contribution in [3.63, 3.8) is 0 Å². The zero-order valence-electron chi connectivity index (χ0n) is 28.5. The highest BCUT2D eigenvalue weighted by atomic mass is 28.3. The third-order valence-corrected chi connectivity index (χ3v) is 14.8. The molecule has 8 rings (SSSR count). The summed E-state index contributed by atoms with van der Waals surface area (Å²) in [6, 6.07) is 58.9. The van der Waals surface area contributed by atoms with Crippen LogP contribution in [0.2, 0.25) is 0 Å². The van der Waals surface area contributed by atoms with Gasteiger partial charge in [0.05, 0.1) is 0 Å². The average Bonchev–Trinajstić information content (AvgIpc) is 3.20. The van der Waals surface area contributed by atoms with E-state index in [1.54, 1.807) is 48.5 Å². The Morgan fingerprint density at radius 3 is 0.604 bits per heavy atom. The maximum Gasteiger partial charge on any atom is 0.179 e. The highest BCUT2D eigenvalue weighted by Gasteiger charge is 2.41. The van der Waals surface area contributed by atoms with Gasteiger partial charge in [-0.05, 0) is 67.3 Å². The van der Waals surface area contributed by atoms with Gasteiger partial charge in [0.1, 0.15) is 23.3 Å². The van der Waals surface area contributed by atoms with Crippen LogP contribution in [0.15, 0.2) is 194 Å². The molecule has 0 aliphatic heterocycles. The van der Waals surface area contributed by atoms with Gasteiger partial charge in [0.15, 0.2) is 8.07 Å². The second-order valence-corrected chi connectivity index (χ2v) is 16.8. The molecule has 0 heterocycles. The van der Waals surface area contributed by atoms with Gasteiger partial charge in [-0.25, -0.2) is 17.6 Å². The fourth-order valence-corrected chi connectivity index (χ4v) is 12.0. The van der Waals surface area contributed by atoms with Crippen LogP contribution >= 0.6 is 0 Å². The fourth-order valence-electron chi connectivity index (χ4n) is 7.38. The third-order valence-electron chi connectivity index (χ3n) is 10.0. The van der Waals surface area contributed by atoms with Gasteiger partial charge in [0, 0.05) is 22.3 Å². The number of benzene rings is 8. The van der Waals surface area contributed by atoms with Crippen molar-refractivity contribution >= 4 is 28.8 Å². The van der Waals surface area contributed by atoms with Gasteiger partial charge in [-0.2, -0.15) is 0 Å². The standard InChI is InChI=1S/C48H32F4Si/c49-45-13-5-1-9-41(45)33-17-25-37(26-18-33)53(38-27-19-34(20-28-38)42-10-2-6-14-46(42)50,39-29-21-35(22-30-39)43-11-3-7-15-47(43)51)40-31-23-36(24-32-40)44-12-4-8-16-48(44)52/h1-32H. The van der Waals surface area contributed by atoms with E-state index < -0.39 is 8.07 Å². The van der Waals surface area contributed by atoms with E-state index >= 15 is 0 Å². The van der Waals surface area contributed by atoms with E-state index in [2.05, 4.69) is 48.5 Å². The van der Waals surface area contributed by atoms with E-state index in [1.165, 1.54) is 24.3 Å². The SMILES string of the molecule is Fc1ccccc1-c1ccc([Si](c2ccc(-c3ccccc3F)cc2)(c2ccc(-c3ccccc3F)cc2)c2ccc(-c3ccccc3F)cc2)cc1. The first-order chi connectivity index (χ1) is 25.9. The van der Waals surface area contributed by atoms with E-state index in [0.29, 0.717) is 22.3 Å². The number of hydrogen-bond donors (Lipinski definition) is 0. The highest BCUT2D eigenvalue weighted by Crippen LogP contribution is 2.27. The molecule has 0 aliphatic rings. The van der Waals surface area contributed by atoms with Crippen molar-refractivity contribution in [1.29, 1.82) is 0 Å². The molecule has 0 radical (unpaired) electrons. The van der Waals surface area contributed by atoms with Crippen molar-refractivity contribution in [3.8, 4) is 44.5 Å². The summed E-state index contributed by atoms with van der Waals surface area (Å²) in [4.78, 5) is 0. The molecule has 8 aromatic rings. The Balaban J connectivity index is 1.37. The summed E-state index contributed by atoms with van der Waals surface area (Å²) in [5, 5.41) is 4.09. The Kier molecular flexibility index (Phi) is 9.17. The molecule has 5 heteroatoms. The molecule has 0 saturated carbocycles. The lowest BCUT2D eigenvalue weighted by molar-refractivity contribution is 0.631. The minimum absolute atomic E-state index is 0.306. The Hall–Kier alpha value is -6.30.